The molecule has 0 saturated carbocycles. The maximum atomic E-state index is 9.94. The quantitative estimate of drug-likeness (QED) is 0.752. The van der Waals surface area contributed by atoms with Crippen LogP contribution in [-0.4, -0.2) is 24.3 Å². The summed E-state index contributed by atoms with van der Waals surface area (Å²) in [6.45, 7) is 1.82. The largest absolute Gasteiger partial charge is 0.508 e. The average molecular weight is 335 g/mol. The molecule has 6 heteroatoms. The molecule has 0 saturated heterocycles. The summed E-state index contributed by atoms with van der Waals surface area (Å²) in [6, 6.07) is 10.9. The van der Waals surface area contributed by atoms with E-state index in [1.54, 1.807) is 38.5 Å². The Bertz CT molecular complexity index is 993. The number of ether oxygens (including phenoxy) is 2. The van der Waals surface area contributed by atoms with Gasteiger partial charge in [-0.05, 0) is 30.7 Å². The molecule has 0 aliphatic heterocycles. The summed E-state index contributed by atoms with van der Waals surface area (Å²) >= 11 is 0. The molecule has 0 aliphatic rings. The van der Waals surface area contributed by atoms with Crippen molar-refractivity contribution < 1.29 is 14.6 Å². The smallest absolute Gasteiger partial charge is 0.145 e. The number of pyridine rings is 1. The molecule has 2 aromatic carbocycles. The van der Waals surface area contributed by atoms with Gasteiger partial charge in [0.1, 0.15) is 28.8 Å². The maximum absolute atomic E-state index is 9.94. The number of fused-ring (bicyclic) bond motifs is 1. The van der Waals surface area contributed by atoms with Crippen molar-refractivity contribution in [2.24, 2.45) is 0 Å². The molecule has 25 heavy (non-hydrogen) atoms. The molecule has 3 rings (SSSR count). The Hall–Kier alpha value is -3.46. The fourth-order valence-corrected chi connectivity index (χ4v) is 2.63. The number of aromatic hydroxyl groups is 1. The predicted octanol–water partition coefficient (Wildman–Crippen LogP) is 3.88. The molecular formula is C19H17N3O3. The maximum Gasteiger partial charge on any atom is 0.145 e. The van der Waals surface area contributed by atoms with Crippen molar-refractivity contribution in [3.05, 3.63) is 47.7 Å². The molecule has 1 aromatic heterocycles. The third kappa shape index (κ3) is 2.88. The number of nitrogens with one attached hydrogen (secondary N) is 1. The van der Waals surface area contributed by atoms with Crippen molar-refractivity contribution in [2.75, 3.05) is 19.5 Å². The van der Waals surface area contributed by atoms with Gasteiger partial charge < -0.3 is 19.9 Å². The highest BCUT2D eigenvalue weighted by Gasteiger charge is 2.17. The minimum Gasteiger partial charge on any atom is -0.508 e. The van der Waals surface area contributed by atoms with Crippen LogP contribution in [0.15, 0.2) is 36.5 Å². The first-order chi connectivity index (χ1) is 12.1. The van der Waals surface area contributed by atoms with E-state index in [0.29, 0.717) is 39.3 Å². The van der Waals surface area contributed by atoms with Crippen LogP contribution >= 0.6 is 0 Å². The van der Waals surface area contributed by atoms with Gasteiger partial charge in [0.2, 0.25) is 0 Å². The van der Waals surface area contributed by atoms with E-state index < -0.39 is 0 Å². The van der Waals surface area contributed by atoms with Crippen LogP contribution in [0.1, 0.15) is 11.1 Å². The zero-order valence-corrected chi connectivity index (χ0v) is 14.1. The number of rotatable bonds is 4. The van der Waals surface area contributed by atoms with Crippen molar-refractivity contribution in [3.8, 4) is 23.3 Å². The Morgan fingerprint density at radius 1 is 1.12 bits per heavy atom. The summed E-state index contributed by atoms with van der Waals surface area (Å²) in [7, 11) is 3.12. The second-order valence-electron chi connectivity index (χ2n) is 5.48. The van der Waals surface area contributed by atoms with E-state index in [2.05, 4.69) is 16.4 Å². The van der Waals surface area contributed by atoms with Crippen LogP contribution < -0.4 is 14.8 Å². The van der Waals surface area contributed by atoms with Crippen LogP contribution in [0, 0.1) is 18.3 Å². The third-order valence-electron chi connectivity index (χ3n) is 3.98. The fraction of sp³-hybridized carbons (Fsp3) is 0.158. The van der Waals surface area contributed by atoms with Crippen LogP contribution in [0.3, 0.4) is 0 Å². The van der Waals surface area contributed by atoms with Crippen molar-refractivity contribution in [1.29, 1.82) is 5.26 Å². The Labute approximate surface area is 145 Å². The van der Waals surface area contributed by atoms with Gasteiger partial charge in [-0.15, -0.1) is 0 Å². The van der Waals surface area contributed by atoms with E-state index >= 15 is 0 Å². The number of anilines is 2. The summed E-state index contributed by atoms with van der Waals surface area (Å²) in [5.74, 6) is 1.32. The monoisotopic (exact) mass is 335 g/mol. The Morgan fingerprint density at radius 2 is 1.84 bits per heavy atom. The van der Waals surface area contributed by atoms with E-state index in [9.17, 15) is 10.4 Å². The van der Waals surface area contributed by atoms with Crippen molar-refractivity contribution in [1.82, 2.24) is 4.98 Å². The van der Waals surface area contributed by atoms with E-state index in [1.165, 1.54) is 6.20 Å². The number of benzene rings is 2. The number of hydrogen-bond acceptors (Lipinski definition) is 6. The SMILES string of the molecule is COc1ccc(OC)c2c(Nc3ccc(C)c(O)c3)c(C#N)cnc12. The zero-order chi connectivity index (χ0) is 18.0. The summed E-state index contributed by atoms with van der Waals surface area (Å²) in [6.07, 6.45) is 1.49. The predicted molar refractivity (Wildman–Crippen MR) is 95.7 cm³/mol. The molecule has 126 valence electrons. The Kier molecular flexibility index (Phi) is 4.31. The number of aryl methyl sites for hydroxylation is 1. The second kappa shape index (κ2) is 6.57. The van der Waals surface area contributed by atoms with Crippen molar-refractivity contribution in [2.45, 2.75) is 6.92 Å². The van der Waals surface area contributed by atoms with Crippen LogP contribution in [0.2, 0.25) is 0 Å². The molecule has 0 unspecified atom stereocenters. The van der Waals surface area contributed by atoms with Gasteiger partial charge in [0.15, 0.2) is 0 Å². The third-order valence-corrected chi connectivity index (χ3v) is 3.98. The van der Waals surface area contributed by atoms with Crippen molar-refractivity contribution >= 4 is 22.3 Å². The first-order valence-electron chi connectivity index (χ1n) is 7.59. The molecule has 0 atom stereocenters. The highest BCUT2D eigenvalue weighted by Crippen LogP contribution is 2.39. The van der Waals surface area contributed by atoms with Crippen LogP contribution in [0.5, 0.6) is 17.2 Å². The minimum atomic E-state index is 0.173. The second-order valence-corrected chi connectivity index (χ2v) is 5.48. The van der Waals surface area contributed by atoms with Gasteiger partial charge in [0, 0.05) is 18.0 Å². The minimum absolute atomic E-state index is 0.173. The average Bonchev–Trinajstić information content (AvgIpc) is 2.63. The molecule has 2 N–H and O–H groups in total. The molecule has 0 fully saturated rings. The van der Waals surface area contributed by atoms with E-state index in [0.717, 1.165) is 5.56 Å². The number of phenols is 1. The first kappa shape index (κ1) is 16.4. The number of hydrogen-bond donors (Lipinski definition) is 2. The number of phenolic OH excluding ortho intramolecular Hbond substituents is 1. The summed E-state index contributed by atoms with van der Waals surface area (Å²) in [5, 5.41) is 23.3. The first-order valence-corrected chi connectivity index (χ1v) is 7.59. The standard InChI is InChI=1S/C19H17N3O3/c1-11-4-5-13(8-14(11)23)22-18-12(9-20)10-21-19-16(25-3)7-6-15(24-2)17(18)19/h4-8,10,23H,1-3H3,(H,21,22). The van der Waals surface area contributed by atoms with Crippen LogP contribution in [-0.2, 0) is 0 Å². The lowest BCUT2D eigenvalue weighted by Crippen LogP contribution is -2.00. The van der Waals surface area contributed by atoms with Crippen LogP contribution in [0.4, 0.5) is 11.4 Å². The van der Waals surface area contributed by atoms with Crippen LogP contribution in [0.25, 0.3) is 10.9 Å². The van der Waals surface area contributed by atoms with Gasteiger partial charge in [-0.3, -0.25) is 4.98 Å². The summed E-state index contributed by atoms with van der Waals surface area (Å²) < 4.78 is 10.8. The number of methoxy groups -OCH3 is 2. The molecular weight excluding hydrogens is 318 g/mol. The lowest BCUT2D eigenvalue weighted by molar-refractivity contribution is 0.410. The molecule has 0 spiro atoms. The van der Waals surface area contributed by atoms with E-state index in [4.69, 9.17) is 9.47 Å². The molecule has 1 heterocycles. The lowest BCUT2D eigenvalue weighted by atomic mass is 10.1. The highest BCUT2D eigenvalue weighted by atomic mass is 16.5. The van der Waals surface area contributed by atoms with Gasteiger partial charge in [0.25, 0.3) is 0 Å². The normalized spacial score (nSPS) is 10.3. The molecule has 3 aromatic rings. The topological polar surface area (TPSA) is 87.4 Å². The number of nitriles is 1. The Balaban J connectivity index is 2.27. The van der Waals surface area contributed by atoms with Gasteiger partial charge in [0.05, 0.1) is 30.9 Å². The van der Waals surface area contributed by atoms with Crippen molar-refractivity contribution in [3.63, 3.8) is 0 Å². The van der Waals surface area contributed by atoms with Gasteiger partial charge >= 0.3 is 0 Å². The van der Waals surface area contributed by atoms with Gasteiger partial charge in [-0.1, -0.05) is 6.07 Å². The van der Waals surface area contributed by atoms with E-state index in [-0.39, 0.29) is 5.75 Å². The molecule has 0 aliphatic carbocycles. The molecule has 0 amide bonds. The molecule has 0 bridgehead atoms. The number of nitrogens with zero attached hydrogens (tertiary/aromatic N) is 2. The van der Waals surface area contributed by atoms with E-state index in [1.807, 2.05) is 13.0 Å². The summed E-state index contributed by atoms with van der Waals surface area (Å²) in [4.78, 5) is 4.35. The molecule has 6 nitrogen and oxygen atoms in total. The summed E-state index contributed by atoms with van der Waals surface area (Å²) in [5.41, 5.74) is 2.91. The number of aromatic nitrogens is 1. The Morgan fingerprint density at radius 3 is 2.48 bits per heavy atom. The van der Waals surface area contributed by atoms with Gasteiger partial charge in [-0.25, -0.2) is 0 Å². The highest BCUT2D eigenvalue weighted by molar-refractivity contribution is 6.02. The molecule has 0 radical (unpaired) electrons. The zero-order valence-electron chi connectivity index (χ0n) is 14.1. The fourth-order valence-electron chi connectivity index (χ4n) is 2.63. The lowest BCUT2D eigenvalue weighted by Gasteiger charge is -2.16. The van der Waals surface area contributed by atoms with Gasteiger partial charge in [-0.2, -0.15) is 5.26 Å².